The molecule has 0 spiro atoms. The monoisotopic (exact) mass is 289 g/mol. The average Bonchev–Trinajstić information content (AvgIpc) is 2.70. The molecule has 1 rings (SSSR count). The number of carbonyl (C=O) groups is 2. The molecule has 2 unspecified atom stereocenters. The van der Waals surface area contributed by atoms with Crippen molar-refractivity contribution in [3.63, 3.8) is 0 Å². The maximum Gasteiger partial charge on any atom is 0.510 e. The molecule has 0 bridgehead atoms. The van der Waals surface area contributed by atoms with E-state index in [0.717, 1.165) is 0 Å². The minimum Gasteiger partial charge on any atom is -0.461 e. The van der Waals surface area contributed by atoms with Crippen LogP contribution in [0.4, 0.5) is 4.79 Å². The van der Waals surface area contributed by atoms with E-state index in [1.165, 1.54) is 12.2 Å². The van der Waals surface area contributed by atoms with Crippen molar-refractivity contribution in [1.29, 1.82) is 0 Å². The van der Waals surface area contributed by atoms with Gasteiger partial charge in [0.15, 0.2) is 5.60 Å². The minimum atomic E-state index is -1.11. The number of cyclic esters (lactones) is 2. The second-order valence-corrected chi connectivity index (χ2v) is 5.68. The topological polar surface area (TPSA) is 74.3 Å². The maximum absolute atomic E-state index is 12.0. The Hall–Kier alpha value is -1.34. The van der Waals surface area contributed by atoms with Gasteiger partial charge in [0.1, 0.15) is 6.61 Å². The number of carbonyl (C=O) groups excluding carboxylic acids is 2. The summed E-state index contributed by atoms with van der Waals surface area (Å²) in [7, 11) is 3.04. The number of hydrogen-bond donors (Lipinski definition) is 0. The minimum absolute atomic E-state index is 0.0978. The zero-order chi connectivity index (χ0) is 15.6. The Bertz CT molecular complexity index is 383. The van der Waals surface area contributed by atoms with E-state index in [4.69, 9.17) is 19.0 Å². The van der Waals surface area contributed by atoms with Gasteiger partial charge in [-0.3, -0.25) is 9.63 Å². The first-order chi connectivity index (χ1) is 9.16. The summed E-state index contributed by atoms with van der Waals surface area (Å²) in [4.78, 5) is 28.3. The molecule has 0 aromatic carbocycles. The van der Waals surface area contributed by atoms with E-state index >= 15 is 0 Å². The normalized spacial score (nSPS) is 26.4. The van der Waals surface area contributed by atoms with Crippen molar-refractivity contribution in [1.82, 2.24) is 5.06 Å². The number of nitrogens with zero attached hydrogens (tertiary/aromatic N) is 1. The van der Waals surface area contributed by atoms with Gasteiger partial charge < -0.3 is 14.2 Å². The van der Waals surface area contributed by atoms with Gasteiger partial charge in [-0.2, -0.15) is 0 Å². The third-order valence-electron chi connectivity index (χ3n) is 3.59. The van der Waals surface area contributed by atoms with E-state index in [9.17, 15) is 9.59 Å². The molecule has 7 nitrogen and oxygen atoms in total. The third kappa shape index (κ3) is 3.40. The van der Waals surface area contributed by atoms with E-state index < -0.39 is 23.4 Å². The van der Waals surface area contributed by atoms with Gasteiger partial charge in [-0.25, -0.2) is 4.79 Å². The Morgan fingerprint density at radius 2 is 2.10 bits per heavy atom. The molecule has 1 saturated heterocycles. The summed E-state index contributed by atoms with van der Waals surface area (Å²) in [5, 5.41) is 1.34. The van der Waals surface area contributed by atoms with Crippen molar-refractivity contribution >= 4 is 12.1 Å². The summed E-state index contributed by atoms with van der Waals surface area (Å²) in [5.74, 6) is -0.344. The molecule has 1 aliphatic heterocycles. The van der Waals surface area contributed by atoms with E-state index in [-0.39, 0.29) is 12.6 Å². The first kappa shape index (κ1) is 16.7. The van der Waals surface area contributed by atoms with Crippen molar-refractivity contribution < 1.29 is 28.6 Å². The van der Waals surface area contributed by atoms with Crippen molar-refractivity contribution in [2.45, 2.75) is 45.9 Å². The SMILES string of the molecule is CCC(C)(C)C(=O)OCC1(C)OC(=O)OC1N(C)OC. The predicted molar refractivity (Wildman–Crippen MR) is 69.6 cm³/mol. The summed E-state index contributed by atoms with van der Waals surface area (Å²) < 4.78 is 15.4. The first-order valence-electron chi connectivity index (χ1n) is 6.50. The van der Waals surface area contributed by atoms with Gasteiger partial charge >= 0.3 is 12.1 Å². The van der Waals surface area contributed by atoms with Crippen LogP contribution in [-0.4, -0.2) is 49.8 Å². The molecule has 0 aromatic rings. The molecule has 2 atom stereocenters. The molecular weight excluding hydrogens is 266 g/mol. The number of likely N-dealkylation sites (N-methyl/N-ethyl adjacent to an activating group) is 1. The van der Waals surface area contributed by atoms with Crippen molar-refractivity contribution in [3.8, 4) is 0 Å². The fourth-order valence-corrected chi connectivity index (χ4v) is 1.68. The Kier molecular flexibility index (Phi) is 4.99. The molecule has 1 fully saturated rings. The van der Waals surface area contributed by atoms with Gasteiger partial charge in [0.05, 0.1) is 12.5 Å². The number of hydrogen-bond acceptors (Lipinski definition) is 7. The van der Waals surface area contributed by atoms with Crippen LogP contribution in [-0.2, 0) is 23.8 Å². The second-order valence-electron chi connectivity index (χ2n) is 5.68. The van der Waals surface area contributed by atoms with Crippen molar-refractivity contribution in [2.75, 3.05) is 20.8 Å². The molecule has 0 aliphatic carbocycles. The maximum atomic E-state index is 12.0. The van der Waals surface area contributed by atoms with Crippen LogP contribution in [0.3, 0.4) is 0 Å². The molecule has 7 heteroatoms. The molecule has 1 aliphatic rings. The Balaban J connectivity index is 2.73. The Morgan fingerprint density at radius 1 is 1.50 bits per heavy atom. The van der Waals surface area contributed by atoms with Crippen molar-refractivity contribution in [3.05, 3.63) is 0 Å². The van der Waals surface area contributed by atoms with Crippen LogP contribution in [0.25, 0.3) is 0 Å². The lowest BCUT2D eigenvalue weighted by Crippen LogP contribution is -2.50. The smallest absolute Gasteiger partial charge is 0.461 e. The van der Waals surface area contributed by atoms with Crippen LogP contribution in [0.1, 0.15) is 34.1 Å². The molecule has 0 N–H and O–H groups in total. The van der Waals surface area contributed by atoms with Crippen LogP contribution in [0, 0.1) is 5.41 Å². The summed E-state index contributed by atoms with van der Waals surface area (Å²) in [6.45, 7) is 7.04. The largest absolute Gasteiger partial charge is 0.510 e. The number of esters is 1. The van der Waals surface area contributed by atoms with Crippen LogP contribution >= 0.6 is 0 Å². The first-order valence-corrected chi connectivity index (χ1v) is 6.50. The zero-order valence-electron chi connectivity index (χ0n) is 12.9. The second kappa shape index (κ2) is 5.97. The molecule has 20 heavy (non-hydrogen) atoms. The van der Waals surface area contributed by atoms with Gasteiger partial charge in [0.25, 0.3) is 0 Å². The number of ether oxygens (including phenoxy) is 3. The predicted octanol–water partition coefficient (Wildman–Crippen LogP) is 1.71. The standard InChI is InChI=1S/C13H23NO6/c1-7-12(2,3)10(15)18-8-13(4)9(14(5)17-6)19-11(16)20-13/h9H,7-8H2,1-6H3. The van der Waals surface area contributed by atoms with E-state index in [0.29, 0.717) is 6.42 Å². The molecule has 0 radical (unpaired) electrons. The molecule has 0 amide bonds. The summed E-state index contributed by atoms with van der Waals surface area (Å²) in [6, 6.07) is 0. The molecule has 0 saturated carbocycles. The Morgan fingerprint density at radius 3 is 2.60 bits per heavy atom. The lowest BCUT2D eigenvalue weighted by Gasteiger charge is -2.31. The van der Waals surface area contributed by atoms with Crippen LogP contribution in [0.15, 0.2) is 0 Å². The number of hydroxylamine groups is 2. The van der Waals surface area contributed by atoms with Gasteiger partial charge in [-0.15, -0.1) is 5.06 Å². The van der Waals surface area contributed by atoms with Crippen LogP contribution in [0.2, 0.25) is 0 Å². The summed E-state index contributed by atoms with van der Waals surface area (Å²) in [5.41, 5.74) is -1.69. The average molecular weight is 289 g/mol. The highest BCUT2D eigenvalue weighted by Gasteiger charge is 2.52. The van der Waals surface area contributed by atoms with Crippen LogP contribution in [0.5, 0.6) is 0 Å². The molecular formula is C13H23NO6. The quantitative estimate of drug-likeness (QED) is 0.544. The lowest BCUT2D eigenvalue weighted by molar-refractivity contribution is -0.227. The summed E-state index contributed by atoms with van der Waals surface area (Å²) in [6.07, 6.45) is -0.940. The van der Waals surface area contributed by atoms with Gasteiger partial charge in [-0.05, 0) is 27.2 Å². The highest BCUT2D eigenvalue weighted by molar-refractivity contribution is 5.76. The highest BCUT2D eigenvalue weighted by Crippen LogP contribution is 2.30. The molecule has 116 valence electrons. The van der Waals surface area contributed by atoms with E-state index in [1.54, 1.807) is 27.8 Å². The fourth-order valence-electron chi connectivity index (χ4n) is 1.68. The molecule has 0 aromatic heterocycles. The molecule has 1 heterocycles. The fraction of sp³-hybridized carbons (Fsp3) is 0.846. The van der Waals surface area contributed by atoms with Crippen LogP contribution < -0.4 is 0 Å². The van der Waals surface area contributed by atoms with E-state index in [2.05, 4.69) is 0 Å². The third-order valence-corrected chi connectivity index (χ3v) is 3.59. The van der Waals surface area contributed by atoms with Gasteiger partial charge in [0, 0.05) is 7.05 Å². The lowest BCUT2D eigenvalue weighted by atomic mass is 9.90. The van der Waals surface area contributed by atoms with Crippen molar-refractivity contribution in [2.24, 2.45) is 5.41 Å². The number of rotatable bonds is 6. The Labute approximate surface area is 119 Å². The van der Waals surface area contributed by atoms with Gasteiger partial charge in [-0.1, -0.05) is 6.92 Å². The van der Waals surface area contributed by atoms with E-state index in [1.807, 2.05) is 6.92 Å². The highest BCUT2D eigenvalue weighted by atomic mass is 16.8. The zero-order valence-corrected chi connectivity index (χ0v) is 12.9. The van der Waals surface area contributed by atoms with Gasteiger partial charge in [0.2, 0.25) is 6.23 Å². The summed E-state index contributed by atoms with van der Waals surface area (Å²) >= 11 is 0.